The van der Waals surface area contributed by atoms with Gasteiger partial charge in [0.2, 0.25) is 5.91 Å². The number of alkyl halides is 1. The number of likely N-dealkylation sites (tertiary alicyclic amines) is 1. The van der Waals surface area contributed by atoms with Crippen molar-refractivity contribution in [1.82, 2.24) is 9.80 Å². The van der Waals surface area contributed by atoms with Crippen LogP contribution < -0.4 is 0 Å². The van der Waals surface area contributed by atoms with Gasteiger partial charge < -0.3 is 14.5 Å². The fourth-order valence-corrected chi connectivity index (χ4v) is 2.48. The second-order valence-electron chi connectivity index (χ2n) is 6.23. The average molecular weight is 305 g/mol. The first-order valence-electron chi connectivity index (χ1n) is 7.04. The molecule has 116 valence electrons. The Kier molecular flexibility index (Phi) is 6.11. The maximum absolute atomic E-state index is 12.0. The third-order valence-electron chi connectivity index (χ3n) is 3.25. The minimum atomic E-state index is -0.510. The van der Waals surface area contributed by atoms with Crippen molar-refractivity contribution in [3.63, 3.8) is 0 Å². The van der Waals surface area contributed by atoms with Gasteiger partial charge >= 0.3 is 6.09 Å². The first kappa shape index (κ1) is 17.1. The van der Waals surface area contributed by atoms with Crippen molar-refractivity contribution in [3.8, 4) is 0 Å². The molecule has 0 aliphatic carbocycles. The van der Waals surface area contributed by atoms with Crippen molar-refractivity contribution in [2.75, 3.05) is 26.0 Å². The van der Waals surface area contributed by atoms with E-state index in [1.165, 1.54) is 4.90 Å². The molecule has 1 atom stereocenters. The lowest BCUT2D eigenvalue weighted by atomic mass is 10.0. The van der Waals surface area contributed by atoms with Crippen molar-refractivity contribution in [2.24, 2.45) is 0 Å². The summed E-state index contributed by atoms with van der Waals surface area (Å²) in [5.41, 5.74) is -0.510. The van der Waals surface area contributed by atoms with Gasteiger partial charge in [-0.25, -0.2) is 4.79 Å². The van der Waals surface area contributed by atoms with Crippen LogP contribution in [-0.4, -0.2) is 59.5 Å². The Labute approximate surface area is 126 Å². The van der Waals surface area contributed by atoms with E-state index in [9.17, 15) is 9.59 Å². The third kappa shape index (κ3) is 5.19. The fraction of sp³-hybridized carbons (Fsp3) is 0.857. The number of hydrogen-bond acceptors (Lipinski definition) is 3. The van der Waals surface area contributed by atoms with Gasteiger partial charge in [0.25, 0.3) is 0 Å². The lowest BCUT2D eigenvalue weighted by Gasteiger charge is -2.37. The molecule has 1 unspecified atom stereocenters. The Morgan fingerprint density at radius 3 is 2.55 bits per heavy atom. The van der Waals surface area contributed by atoms with E-state index in [-0.39, 0.29) is 23.9 Å². The monoisotopic (exact) mass is 304 g/mol. The Bertz CT molecular complexity index is 355. The van der Waals surface area contributed by atoms with Gasteiger partial charge in [-0.3, -0.25) is 4.79 Å². The van der Waals surface area contributed by atoms with Crippen LogP contribution in [0.25, 0.3) is 0 Å². The number of likely N-dealkylation sites (N-methyl/N-ethyl adjacent to an activating group) is 1. The van der Waals surface area contributed by atoms with Crippen molar-refractivity contribution >= 4 is 23.6 Å². The Hall–Kier alpha value is -0.970. The van der Waals surface area contributed by atoms with E-state index in [0.717, 1.165) is 25.8 Å². The lowest BCUT2D eigenvalue weighted by Crippen LogP contribution is -2.50. The topological polar surface area (TPSA) is 49.9 Å². The van der Waals surface area contributed by atoms with E-state index in [4.69, 9.17) is 16.3 Å². The number of piperidine rings is 1. The highest BCUT2D eigenvalue weighted by Gasteiger charge is 2.29. The molecule has 20 heavy (non-hydrogen) atoms. The fourth-order valence-electron chi connectivity index (χ4n) is 2.33. The normalized spacial score (nSPS) is 19.6. The largest absolute Gasteiger partial charge is 0.444 e. The standard InChI is InChI=1S/C14H25ClN2O3/c1-14(2,3)20-13(19)16(4)10-11-7-5-6-8-17(11)12(18)9-15/h11H,5-10H2,1-4H3. The van der Waals surface area contributed by atoms with Gasteiger partial charge in [-0.2, -0.15) is 0 Å². The first-order chi connectivity index (χ1) is 9.24. The van der Waals surface area contributed by atoms with Crippen molar-refractivity contribution in [2.45, 2.75) is 51.7 Å². The molecule has 0 radical (unpaired) electrons. The van der Waals surface area contributed by atoms with E-state index < -0.39 is 5.60 Å². The van der Waals surface area contributed by atoms with Crippen molar-refractivity contribution < 1.29 is 14.3 Å². The molecule has 1 aliphatic heterocycles. The zero-order valence-electron chi connectivity index (χ0n) is 12.8. The van der Waals surface area contributed by atoms with Crippen LogP contribution >= 0.6 is 11.6 Å². The Morgan fingerprint density at radius 2 is 2.00 bits per heavy atom. The molecule has 2 amide bonds. The number of rotatable bonds is 3. The summed E-state index contributed by atoms with van der Waals surface area (Å²) in [6.45, 7) is 6.71. The number of halogens is 1. The molecule has 1 fully saturated rings. The van der Waals surface area contributed by atoms with Crippen LogP contribution in [0, 0.1) is 0 Å². The number of amides is 2. The van der Waals surface area contributed by atoms with Gasteiger partial charge in [0.05, 0.1) is 0 Å². The molecule has 1 heterocycles. The molecule has 0 bridgehead atoms. The molecule has 0 aromatic rings. The van der Waals surface area contributed by atoms with Crippen LogP contribution in [-0.2, 0) is 9.53 Å². The van der Waals surface area contributed by atoms with Crippen LogP contribution in [0.3, 0.4) is 0 Å². The zero-order chi connectivity index (χ0) is 15.3. The summed E-state index contributed by atoms with van der Waals surface area (Å²) in [6.07, 6.45) is 2.60. The van der Waals surface area contributed by atoms with Crippen LogP contribution in [0.1, 0.15) is 40.0 Å². The molecule has 0 spiro atoms. The molecule has 1 saturated heterocycles. The highest BCUT2D eigenvalue weighted by atomic mass is 35.5. The summed E-state index contributed by atoms with van der Waals surface area (Å²) in [6, 6.07) is 0.0347. The summed E-state index contributed by atoms with van der Waals surface area (Å²) in [5.74, 6) is -0.0684. The van der Waals surface area contributed by atoms with Gasteiger partial charge in [0.15, 0.2) is 0 Å². The molecular formula is C14H25ClN2O3. The summed E-state index contributed by atoms with van der Waals surface area (Å²) >= 11 is 5.64. The van der Waals surface area contributed by atoms with Crippen LogP contribution in [0.4, 0.5) is 4.79 Å². The van der Waals surface area contributed by atoms with Crippen molar-refractivity contribution in [3.05, 3.63) is 0 Å². The number of ether oxygens (including phenoxy) is 1. The van der Waals surface area contributed by atoms with Gasteiger partial charge in [-0.15, -0.1) is 11.6 Å². The van der Waals surface area contributed by atoms with E-state index in [1.54, 1.807) is 11.9 Å². The summed E-state index contributed by atoms with van der Waals surface area (Å²) in [7, 11) is 1.70. The molecule has 1 rings (SSSR count). The number of carbonyl (C=O) groups excluding carboxylic acids is 2. The molecule has 5 nitrogen and oxygen atoms in total. The lowest BCUT2D eigenvalue weighted by molar-refractivity contribution is -0.132. The molecule has 0 N–H and O–H groups in total. The second-order valence-corrected chi connectivity index (χ2v) is 6.50. The number of hydrogen-bond donors (Lipinski definition) is 0. The molecule has 1 aliphatic rings. The predicted octanol–water partition coefficient (Wildman–Crippen LogP) is 2.47. The van der Waals surface area contributed by atoms with Crippen molar-refractivity contribution in [1.29, 1.82) is 0 Å². The SMILES string of the molecule is CN(CC1CCCCN1C(=O)CCl)C(=O)OC(C)(C)C. The minimum absolute atomic E-state index is 0.00729. The maximum Gasteiger partial charge on any atom is 0.410 e. The Morgan fingerprint density at radius 1 is 1.35 bits per heavy atom. The number of carbonyl (C=O) groups is 2. The summed E-state index contributed by atoms with van der Waals surface area (Å²) in [5, 5.41) is 0. The average Bonchev–Trinajstić information content (AvgIpc) is 2.36. The van der Waals surface area contributed by atoms with E-state index in [1.807, 2.05) is 20.8 Å². The van der Waals surface area contributed by atoms with Gasteiger partial charge in [-0.1, -0.05) is 0 Å². The van der Waals surface area contributed by atoms with Gasteiger partial charge in [0, 0.05) is 26.2 Å². The molecular weight excluding hydrogens is 280 g/mol. The quantitative estimate of drug-likeness (QED) is 0.753. The zero-order valence-corrected chi connectivity index (χ0v) is 13.6. The van der Waals surface area contributed by atoms with Crippen LogP contribution in [0.15, 0.2) is 0 Å². The van der Waals surface area contributed by atoms with Crippen LogP contribution in [0.2, 0.25) is 0 Å². The first-order valence-corrected chi connectivity index (χ1v) is 7.57. The third-order valence-corrected chi connectivity index (χ3v) is 3.48. The maximum atomic E-state index is 12.0. The van der Waals surface area contributed by atoms with E-state index in [0.29, 0.717) is 6.54 Å². The highest BCUT2D eigenvalue weighted by Crippen LogP contribution is 2.19. The molecule has 0 aromatic carbocycles. The molecule has 0 saturated carbocycles. The minimum Gasteiger partial charge on any atom is -0.444 e. The highest BCUT2D eigenvalue weighted by molar-refractivity contribution is 6.27. The van der Waals surface area contributed by atoms with Crippen LogP contribution in [0.5, 0.6) is 0 Å². The van der Waals surface area contributed by atoms with E-state index in [2.05, 4.69) is 0 Å². The van der Waals surface area contributed by atoms with Gasteiger partial charge in [0.1, 0.15) is 11.5 Å². The predicted molar refractivity (Wildman–Crippen MR) is 78.9 cm³/mol. The number of nitrogens with zero attached hydrogens (tertiary/aromatic N) is 2. The summed E-state index contributed by atoms with van der Waals surface area (Å²) < 4.78 is 5.32. The smallest absolute Gasteiger partial charge is 0.410 e. The second kappa shape index (κ2) is 7.16. The molecule has 0 aromatic heterocycles. The van der Waals surface area contributed by atoms with E-state index >= 15 is 0 Å². The Balaban J connectivity index is 2.60. The van der Waals surface area contributed by atoms with Gasteiger partial charge in [-0.05, 0) is 40.0 Å². The summed E-state index contributed by atoms with van der Waals surface area (Å²) in [4.78, 5) is 27.1. The molecule has 6 heteroatoms.